The van der Waals surface area contributed by atoms with E-state index in [9.17, 15) is 0 Å². The minimum atomic E-state index is 0. The van der Waals surface area contributed by atoms with Crippen LogP contribution in [0.15, 0.2) is 29.4 Å². The maximum atomic E-state index is 4.89. The average molecular weight is 484 g/mol. The van der Waals surface area contributed by atoms with Crippen molar-refractivity contribution in [2.45, 2.75) is 52.9 Å². The zero-order chi connectivity index (χ0) is 18.4. The molecule has 1 N–H and O–H groups in total. The fourth-order valence-electron chi connectivity index (χ4n) is 4.05. The number of pyridine rings is 1. The van der Waals surface area contributed by atoms with Gasteiger partial charge in [-0.25, -0.2) is 0 Å². The second-order valence-corrected chi connectivity index (χ2v) is 7.62. The number of nitrogens with zero attached hydrogens (tertiary/aromatic N) is 5. The zero-order valence-corrected chi connectivity index (χ0v) is 19.1. The highest BCUT2D eigenvalue weighted by atomic mass is 127. The van der Waals surface area contributed by atoms with E-state index in [0.717, 1.165) is 50.0 Å². The molecule has 0 aromatic carbocycles. The SMILES string of the molecule is CCCC1(C)CCCN(C(=NCCc2nnc3ccccn23)NCC)C1.I. The molecule has 1 aliphatic heterocycles. The lowest BCUT2D eigenvalue weighted by atomic mass is 9.78. The Kier molecular flexibility index (Phi) is 8.31. The molecule has 0 radical (unpaired) electrons. The lowest BCUT2D eigenvalue weighted by Crippen LogP contribution is -2.49. The van der Waals surface area contributed by atoms with Gasteiger partial charge in [-0.2, -0.15) is 0 Å². The molecule has 0 saturated carbocycles. The summed E-state index contributed by atoms with van der Waals surface area (Å²) < 4.78 is 2.04. The molecule has 150 valence electrons. The molecule has 1 atom stereocenters. The minimum absolute atomic E-state index is 0. The molecule has 2 aromatic rings. The van der Waals surface area contributed by atoms with Crippen molar-refractivity contribution in [3.8, 4) is 0 Å². The molecule has 0 spiro atoms. The van der Waals surface area contributed by atoms with Crippen molar-refractivity contribution in [1.29, 1.82) is 0 Å². The lowest BCUT2D eigenvalue weighted by molar-refractivity contribution is 0.142. The summed E-state index contributed by atoms with van der Waals surface area (Å²) >= 11 is 0. The zero-order valence-electron chi connectivity index (χ0n) is 16.8. The number of halogens is 1. The molecular formula is C20H33IN6. The summed E-state index contributed by atoms with van der Waals surface area (Å²) in [6.07, 6.45) is 7.91. The molecule has 3 heterocycles. The van der Waals surface area contributed by atoms with Gasteiger partial charge in [-0.3, -0.25) is 9.39 Å². The van der Waals surface area contributed by atoms with Gasteiger partial charge in [-0.15, -0.1) is 34.2 Å². The van der Waals surface area contributed by atoms with E-state index in [1.54, 1.807) is 0 Å². The van der Waals surface area contributed by atoms with Gasteiger partial charge in [0.05, 0.1) is 0 Å². The summed E-state index contributed by atoms with van der Waals surface area (Å²) in [5.41, 5.74) is 1.30. The number of nitrogens with one attached hydrogen (secondary N) is 1. The van der Waals surface area contributed by atoms with E-state index >= 15 is 0 Å². The maximum absolute atomic E-state index is 4.89. The molecule has 7 heteroatoms. The van der Waals surface area contributed by atoms with Crippen molar-refractivity contribution < 1.29 is 0 Å². The minimum Gasteiger partial charge on any atom is -0.357 e. The van der Waals surface area contributed by atoms with E-state index in [0.29, 0.717) is 5.41 Å². The van der Waals surface area contributed by atoms with E-state index in [2.05, 4.69) is 41.2 Å². The van der Waals surface area contributed by atoms with Gasteiger partial charge in [0, 0.05) is 38.8 Å². The van der Waals surface area contributed by atoms with Crippen LogP contribution in [0.2, 0.25) is 0 Å². The van der Waals surface area contributed by atoms with Crippen LogP contribution in [0.5, 0.6) is 0 Å². The van der Waals surface area contributed by atoms with Crippen molar-refractivity contribution in [1.82, 2.24) is 24.8 Å². The predicted molar refractivity (Wildman–Crippen MR) is 122 cm³/mol. The van der Waals surface area contributed by atoms with Crippen LogP contribution in [0.1, 0.15) is 52.3 Å². The Morgan fingerprint density at radius 1 is 1.30 bits per heavy atom. The van der Waals surface area contributed by atoms with Crippen LogP contribution in [-0.4, -0.2) is 51.6 Å². The Hall–Kier alpha value is -1.38. The molecule has 2 aromatic heterocycles. The molecule has 0 amide bonds. The summed E-state index contributed by atoms with van der Waals surface area (Å²) in [7, 11) is 0. The molecule has 0 aliphatic carbocycles. The van der Waals surface area contributed by atoms with Crippen LogP contribution in [0.3, 0.4) is 0 Å². The first-order valence-electron chi connectivity index (χ1n) is 9.97. The van der Waals surface area contributed by atoms with Crippen LogP contribution in [0.25, 0.3) is 5.65 Å². The van der Waals surface area contributed by atoms with E-state index in [4.69, 9.17) is 4.99 Å². The monoisotopic (exact) mass is 484 g/mol. The van der Waals surface area contributed by atoms with Crippen molar-refractivity contribution in [3.63, 3.8) is 0 Å². The van der Waals surface area contributed by atoms with Crippen LogP contribution in [-0.2, 0) is 6.42 Å². The number of fused-ring (bicyclic) bond motifs is 1. The number of hydrogen-bond acceptors (Lipinski definition) is 3. The Bertz CT molecular complexity index is 739. The van der Waals surface area contributed by atoms with Gasteiger partial charge in [0.15, 0.2) is 11.6 Å². The molecule has 27 heavy (non-hydrogen) atoms. The van der Waals surface area contributed by atoms with Crippen molar-refractivity contribution in [2.24, 2.45) is 10.4 Å². The number of hydrogen-bond donors (Lipinski definition) is 1. The van der Waals surface area contributed by atoms with E-state index in [1.807, 2.05) is 28.8 Å². The number of aliphatic imine (C=N–C) groups is 1. The molecule has 0 bridgehead atoms. The number of likely N-dealkylation sites (tertiary alicyclic amines) is 1. The molecular weight excluding hydrogens is 451 g/mol. The second-order valence-electron chi connectivity index (χ2n) is 7.62. The Morgan fingerprint density at radius 2 is 2.15 bits per heavy atom. The number of guanidine groups is 1. The molecule has 1 aliphatic rings. The third-order valence-corrected chi connectivity index (χ3v) is 5.25. The van der Waals surface area contributed by atoms with E-state index < -0.39 is 0 Å². The number of aromatic nitrogens is 3. The highest BCUT2D eigenvalue weighted by Crippen LogP contribution is 2.33. The van der Waals surface area contributed by atoms with Crippen molar-refractivity contribution >= 4 is 35.6 Å². The van der Waals surface area contributed by atoms with Gasteiger partial charge in [0.1, 0.15) is 5.82 Å². The fourth-order valence-corrected chi connectivity index (χ4v) is 4.05. The Balaban J connectivity index is 0.00000261. The Morgan fingerprint density at radius 3 is 2.93 bits per heavy atom. The fraction of sp³-hybridized carbons (Fsp3) is 0.650. The number of piperidine rings is 1. The first-order valence-corrected chi connectivity index (χ1v) is 9.97. The second kappa shape index (κ2) is 10.2. The quantitative estimate of drug-likeness (QED) is 0.386. The largest absolute Gasteiger partial charge is 0.357 e. The normalized spacial score (nSPS) is 20.6. The first-order chi connectivity index (χ1) is 12.6. The highest BCUT2D eigenvalue weighted by molar-refractivity contribution is 14.0. The van der Waals surface area contributed by atoms with Crippen LogP contribution in [0.4, 0.5) is 0 Å². The maximum Gasteiger partial charge on any atom is 0.193 e. The molecule has 1 fully saturated rings. The Labute approximate surface area is 179 Å². The van der Waals surface area contributed by atoms with Crippen molar-refractivity contribution in [3.05, 3.63) is 30.2 Å². The predicted octanol–water partition coefficient (Wildman–Crippen LogP) is 3.76. The van der Waals surface area contributed by atoms with Crippen LogP contribution < -0.4 is 5.32 Å². The van der Waals surface area contributed by atoms with Gasteiger partial charge >= 0.3 is 0 Å². The summed E-state index contributed by atoms with van der Waals surface area (Å²) in [6, 6.07) is 5.97. The van der Waals surface area contributed by atoms with E-state index in [1.165, 1.54) is 25.7 Å². The third kappa shape index (κ3) is 5.56. The van der Waals surface area contributed by atoms with Gasteiger partial charge in [-0.05, 0) is 43.7 Å². The van der Waals surface area contributed by atoms with Crippen LogP contribution >= 0.6 is 24.0 Å². The molecule has 6 nitrogen and oxygen atoms in total. The van der Waals surface area contributed by atoms with Crippen molar-refractivity contribution in [2.75, 3.05) is 26.2 Å². The van der Waals surface area contributed by atoms with Gasteiger partial charge in [-0.1, -0.05) is 26.3 Å². The highest BCUT2D eigenvalue weighted by Gasteiger charge is 2.31. The molecule has 1 saturated heterocycles. The molecule has 3 rings (SSSR count). The van der Waals surface area contributed by atoms with Gasteiger partial charge < -0.3 is 10.2 Å². The van der Waals surface area contributed by atoms with Gasteiger partial charge in [0.2, 0.25) is 0 Å². The smallest absolute Gasteiger partial charge is 0.193 e. The van der Waals surface area contributed by atoms with E-state index in [-0.39, 0.29) is 24.0 Å². The number of rotatable bonds is 6. The molecule has 1 unspecified atom stereocenters. The first kappa shape index (κ1) is 21.9. The summed E-state index contributed by atoms with van der Waals surface area (Å²) in [4.78, 5) is 7.34. The van der Waals surface area contributed by atoms with Crippen LogP contribution in [0, 0.1) is 5.41 Å². The summed E-state index contributed by atoms with van der Waals surface area (Å²) in [6.45, 7) is 10.7. The van der Waals surface area contributed by atoms with Gasteiger partial charge in [0.25, 0.3) is 0 Å². The summed E-state index contributed by atoms with van der Waals surface area (Å²) in [5.74, 6) is 2.01. The lowest BCUT2D eigenvalue weighted by Gasteiger charge is -2.42. The average Bonchev–Trinajstić information content (AvgIpc) is 3.04. The topological polar surface area (TPSA) is 57.8 Å². The standard InChI is InChI=1S/C20H32N6.HI/c1-4-11-20(3)12-8-14-25(16-20)19(21-5-2)22-13-10-18-24-23-17-9-6-7-15-26(17)18;/h6-7,9,15H,4-5,8,10-14,16H2,1-3H3,(H,21,22);1H. The third-order valence-electron chi connectivity index (χ3n) is 5.25. The summed E-state index contributed by atoms with van der Waals surface area (Å²) in [5, 5.41) is 12.0.